The molecule has 0 unspecified atom stereocenters. The van der Waals surface area contributed by atoms with Gasteiger partial charge in [-0.05, 0) is 24.6 Å². The highest BCUT2D eigenvalue weighted by Crippen LogP contribution is 2.30. The maximum absolute atomic E-state index is 9.85. The largest absolute Gasteiger partial charge is 0.497 e. The lowest BCUT2D eigenvalue weighted by atomic mass is 10.1. The molecule has 0 fully saturated rings. The van der Waals surface area contributed by atoms with Crippen LogP contribution in [0.5, 0.6) is 11.5 Å². The number of hydrogen-bond acceptors (Lipinski definition) is 3. The first-order chi connectivity index (χ1) is 7.22. The first-order valence-corrected chi connectivity index (χ1v) is 4.73. The smallest absolute Gasteiger partial charge is 0.124 e. The van der Waals surface area contributed by atoms with Crippen LogP contribution in [-0.2, 0) is 0 Å². The van der Waals surface area contributed by atoms with Crippen LogP contribution in [0.4, 0.5) is 0 Å². The molecular formula is C12H16O3. The van der Waals surface area contributed by atoms with Crippen molar-refractivity contribution in [2.75, 3.05) is 14.2 Å². The molecule has 0 heterocycles. The molecule has 0 aliphatic carbocycles. The topological polar surface area (TPSA) is 38.7 Å². The Hall–Kier alpha value is -1.48. The minimum Gasteiger partial charge on any atom is -0.497 e. The van der Waals surface area contributed by atoms with E-state index >= 15 is 0 Å². The molecule has 0 saturated heterocycles. The molecule has 0 aromatic heterocycles. The average molecular weight is 208 g/mol. The number of hydrogen-bond donors (Lipinski definition) is 1. The summed E-state index contributed by atoms with van der Waals surface area (Å²) in [6.07, 6.45) is 1.56. The van der Waals surface area contributed by atoms with Gasteiger partial charge in [0.15, 0.2) is 0 Å². The van der Waals surface area contributed by atoms with Crippen LogP contribution in [0.2, 0.25) is 0 Å². The van der Waals surface area contributed by atoms with Gasteiger partial charge in [0.25, 0.3) is 0 Å². The number of aliphatic hydroxyl groups excluding tert-OH is 1. The monoisotopic (exact) mass is 208 g/mol. The normalized spacial score (nSPS) is 11.9. The van der Waals surface area contributed by atoms with E-state index < -0.39 is 6.10 Å². The summed E-state index contributed by atoms with van der Waals surface area (Å²) in [5.74, 6) is 1.36. The first kappa shape index (κ1) is 11.6. The van der Waals surface area contributed by atoms with Gasteiger partial charge in [-0.3, -0.25) is 0 Å². The Kier molecular flexibility index (Phi) is 4.18. The molecule has 0 spiro atoms. The van der Waals surface area contributed by atoms with Crippen molar-refractivity contribution in [2.45, 2.75) is 12.5 Å². The van der Waals surface area contributed by atoms with E-state index in [-0.39, 0.29) is 0 Å². The SMILES string of the molecule is C=CC[C@@H](O)c1cc(OC)ccc1OC. The van der Waals surface area contributed by atoms with Crippen LogP contribution in [0, 0.1) is 0 Å². The minimum absolute atomic E-state index is 0.490. The standard InChI is InChI=1S/C12H16O3/c1-4-5-11(13)10-8-9(14-2)6-7-12(10)15-3/h4,6-8,11,13H,1,5H2,2-3H3/t11-/m1/s1. The molecular weight excluding hydrogens is 192 g/mol. The fourth-order valence-corrected chi connectivity index (χ4v) is 1.38. The van der Waals surface area contributed by atoms with E-state index in [0.29, 0.717) is 17.9 Å². The third kappa shape index (κ3) is 2.73. The van der Waals surface area contributed by atoms with Crippen LogP contribution < -0.4 is 9.47 Å². The molecule has 0 radical (unpaired) electrons. The number of methoxy groups -OCH3 is 2. The van der Waals surface area contributed by atoms with Gasteiger partial charge >= 0.3 is 0 Å². The summed E-state index contributed by atoms with van der Waals surface area (Å²) in [4.78, 5) is 0. The maximum Gasteiger partial charge on any atom is 0.124 e. The van der Waals surface area contributed by atoms with Crippen LogP contribution in [0.1, 0.15) is 18.1 Å². The second kappa shape index (κ2) is 5.41. The molecule has 3 nitrogen and oxygen atoms in total. The van der Waals surface area contributed by atoms with Gasteiger partial charge in [0.05, 0.1) is 20.3 Å². The second-order valence-corrected chi connectivity index (χ2v) is 3.15. The van der Waals surface area contributed by atoms with Crippen LogP contribution in [-0.4, -0.2) is 19.3 Å². The third-order valence-corrected chi connectivity index (χ3v) is 2.19. The van der Waals surface area contributed by atoms with Crippen molar-refractivity contribution in [3.8, 4) is 11.5 Å². The van der Waals surface area contributed by atoms with Crippen LogP contribution in [0.3, 0.4) is 0 Å². The molecule has 0 aliphatic rings. The van der Waals surface area contributed by atoms with Crippen LogP contribution >= 0.6 is 0 Å². The minimum atomic E-state index is -0.604. The van der Waals surface area contributed by atoms with E-state index in [1.807, 2.05) is 0 Å². The number of aliphatic hydroxyl groups is 1. The maximum atomic E-state index is 9.85. The molecule has 15 heavy (non-hydrogen) atoms. The summed E-state index contributed by atoms with van der Waals surface area (Å²) >= 11 is 0. The molecule has 82 valence electrons. The van der Waals surface area contributed by atoms with Crippen LogP contribution in [0.25, 0.3) is 0 Å². The van der Waals surface area contributed by atoms with Gasteiger partial charge in [-0.25, -0.2) is 0 Å². The summed E-state index contributed by atoms with van der Waals surface area (Å²) in [7, 11) is 3.16. The second-order valence-electron chi connectivity index (χ2n) is 3.15. The van der Waals surface area contributed by atoms with Gasteiger partial charge in [0, 0.05) is 5.56 Å². The van der Waals surface area contributed by atoms with Crippen molar-refractivity contribution < 1.29 is 14.6 Å². The quantitative estimate of drug-likeness (QED) is 0.755. The Labute approximate surface area is 90.0 Å². The first-order valence-electron chi connectivity index (χ1n) is 4.73. The van der Waals surface area contributed by atoms with Gasteiger partial charge in [-0.2, -0.15) is 0 Å². The highest BCUT2D eigenvalue weighted by molar-refractivity contribution is 5.41. The fourth-order valence-electron chi connectivity index (χ4n) is 1.38. The molecule has 1 aromatic carbocycles. The molecule has 1 N–H and O–H groups in total. The predicted octanol–water partition coefficient (Wildman–Crippen LogP) is 2.31. The molecule has 0 bridgehead atoms. The van der Waals surface area contributed by atoms with Gasteiger partial charge in [-0.15, -0.1) is 6.58 Å². The molecule has 1 aromatic rings. The van der Waals surface area contributed by atoms with Crippen LogP contribution in [0.15, 0.2) is 30.9 Å². The van der Waals surface area contributed by atoms with Gasteiger partial charge in [0.1, 0.15) is 11.5 Å². The Balaban J connectivity index is 3.04. The number of ether oxygens (including phenoxy) is 2. The van der Waals surface area contributed by atoms with Gasteiger partial charge < -0.3 is 14.6 Å². The zero-order valence-electron chi connectivity index (χ0n) is 9.06. The lowest BCUT2D eigenvalue weighted by molar-refractivity contribution is 0.176. The van der Waals surface area contributed by atoms with Crippen molar-refractivity contribution in [1.82, 2.24) is 0 Å². The molecule has 1 rings (SSSR count). The average Bonchev–Trinajstić information content (AvgIpc) is 2.28. The third-order valence-electron chi connectivity index (χ3n) is 2.19. The van der Waals surface area contributed by atoms with E-state index in [0.717, 1.165) is 5.56 Å². The van der Waals surface area contributed by atoms with E-state index in [2.05, 4.69) is 6.58 Å². The molecule has 0 aliphatic heterocycles. The molecule has 0 amide bonds. The van der Waals surface area contributed by atoms with Crippen molar-refractivity contribution in [2.24, 2.45) is 0 Å². The van der Waals surface area contributed by atoms with Crippen molar-refractivity contribution >= 4 is 0 Å². The Morgan fingerprint density at radius 3 is 2.67 bits per heavy atom. The summed E-state index contributed by atoms with van der Waals surface area (Å²) in [6, 6.07) is 5.34. The summed E-state index contributed by atoms with van der Waals surface area (Å²) in [5, 5.41) is 9.85. The summed E-state index contributed by atoms with van der Waals surface area (Å²) < 4.78 is 10.3. The highest BCUT2D eigenvalue weighted by Gasteiger charge is 2.12. The van der Waals surface area contributed by atoms with E-state index in [1.165, 1.54) is 0 Å². The Morgan fingerprint density at radius 2 is 2.13 bits per heavy atom. The van der Waals surface area contributed by atoms with Crippen molar-refractivity contribution in [1.29, 1.82) is 0 Å². The predicted molar refractivity (Wildman–Crippen MR) is 59.3 cm³/mol. The summed E-state index contributed by atoms with van der Waals surface area (Å²) in [5.41, 5.74) is 0.719. The molecule has 0 saturated carbocycles. The number of benzene rings is 1. The highest BCUT2D eigenvalue weighted by atomic mass is 16.5. The van der Waals surface area contributed by atoms with Gasteiger partial charge in [-0.1, -0.05) is 6.08 Å². The van der Waals surface area contributed by atoms with Crippen molar-refractivity contribution in [3.05, 3.63) is 36.4 Å². The van der Waals surface area contributed by atoms with E-state index in [4.69, 9.17) is 9.47 Å². The Morgan fingerprint density at radius 1 is 1.40 bits per heavy atom. The fraction of sp³-hybridized carbons (Fsp3) is 0.333. The lowest BCUT2D eigenvalue weighted by Gasteiger charge is -2.14. The lowest BCUT2D eigenvalue weighted by Crippen LogP contribution is -2.00. The Bertz CT molecular complexity index is 334. The zero-order chi connectivity index (χ0) is 11.3. The van der Waals surface area contributed by atoms with E-state index in [1.54, 1.807) is 38.5 Å². The molecule has 3 heteroatoms. The van der Waals surface area contributed by atoms with Crippen molar-refractivity contribution in [3.63, 3.8) is 0 Å². The summed E-state index contributed by atoms with van der Waals surface area (Å²) in [6.45, 7) is 3.59. The zero-order valence-corrected chi connectivity index (χ0v) is 9.06. The number of rotatable bonds is 5. The molecule has 1 atom stereocenters. The van der Waals surface area contributed by atoms with Gasteiger partial charge in [0.2, 0.25) is 0 Å². The van der Waals surface area contributed by atoms with E-state index in [9.17, 15) is 5.11 Å².